The molecule has 0 unspecified atom stereocenters. The van der Waals surface area contributed by atoms with Gasteiger partial charge in [0.1, 0.15) is 6.61 Å². The first-order chi connectivity index (χ1) is 9.20. The molecule has 6 heteroatoms. The Labute approximate surface area is 114 Å². The van der Waals surface area contributed by atoms with Gasteiger partial charge in [0.2, 0.25) is 5.91 Å². The summed E-state index contributed by atoms with van der Waals surface area (Å²) in [4.78, 5) is 21.8. The number of amides is 1. The van der Waals surface area contributed by atoms with Crippen LogP contribution in [-0.2, 0) is 23.8 Å². The van der Waals surface area contributed by atoms with E-state index < -0.39 is 0 Å². The van der Waals surface area contributed by atoms with Crippen LogP contribution in [0.25, 0.3) is 0 Å². The van der Waals surface area contributed by atoms with Crippen LogP contribution in [0, 0.1) is 0 Å². The number of hydrogen-bond acceptors (Lipinski definition) is 5. The van der Waals surface area contributed by atoms with E-state index in [2.05, 4.69) is 5.32 Å². The van der Waals surface area contributed by atoms with Crippen molar-refractivity contribution in [1.82, 2.24) is 5.32 Å². The Morgan fingerprint density at radius 1 is 0.842 bits per heavy atom. The Hall–Kier alpha value is -0.980. The number of nitrogens with one attached hydrogen (secondary N) is 1. The maximum absolute atomic E-state index is 10.9. The minimum absolute atomic E-state index is 0.0265. The van der Waals surface area contributed by atoms with E-state index in [0.29, 0.717) is 52.4 Å². The quantitative estimate of drug-likeness (QED) is 0.497. The number of ketones is 1. The molecule has 0 heterocycles. The van der Waals surface area contributed by atoms with E-state index in [1.165, 1.54) is 0 Å². The van der Waals surface area contributed by atoms with Crippen molar-refractivity contribution in [2.75, 3.05) is 46.2 Å². The van der Waals surface area contributed by atoms with E-state index in [1.54, 1.807) is 6.92 Å². The topological polar surface area (TPSA) is 73.9 Å². The highest BCUT2D eigenvalue weighted by Gasteiger charge is 1.98. The molecule has 0 saturated heterocycles. The molecule has 0 aromatic rings. The van der Waals surface area contributed by atoms with Crippen LogP contribution in [0.1, 0.15) is 26.7 Å². The first-order valence-electron chi connectivity index (χ1n) is 6.72. The SMILES string of the molecule is CCC(=O)COCCOCCOCCNC(=O)CC. The second-order valence-corrected chi connectivity index (χ2v) is 3.87. The predicted molar refractivity (Wildman–Crippen MR) is 71.1 cm³/mol. The first kappa shape index (κ1) is 18.0. The number of hydrogen-bond donors (Lipinski definition) is 1. The first-order valence-corrected chi connectivity index (χ1v) is 6.72. The van der Waals surface area contributed by atoms with Gasteiger partial charge in [0.05, 0.1) is 33.0 Å². The minimum atomic E-state index is 0.0265. The fraction of sp³-hybridized carbons (Fsp3) is 0.846. The van der Waals surface area contributed by atoms with E-state index in [-0.39, 0.29) is 18.3 Å². The molecule has 0 saturated carbocycles. The Morgan fingerprint density at radius 3 is 2.00 bits per heavy atom. The fourth-order valence-electron chi connectivity index (χ4n) is 1.12. The Balaban J connectivity index is 3.07. The number of rotatable bonds is 13. The van der Waals surface area contributed by atoms with Crippen molar-refractivity contribution in [2.45, 2.75) is 26.7 Å². The lowest BCUT2D eigenvalue weighted by Crippen LogP contribution is -2.26. The van der Waals surface area contributed by atoms with Crippen LogP contribution in [0.5, 0.6) is 0 Å². The van der Waals surface area contributed by atoms with Crippen LogP contribution < -0.4 is 5.32 Å². The van der Waals surface area contributed by atoms with Gasteiger partial charge in [-0.15, -0.1) is 0 Å². The number of Topliss-reactive ketones (excluding diaryl/α,β-unsaturated/α-hetero) is 1. The van der Waals surface area contributed by atoms with Gasteiger partial charge in [-0.1, -0.05) is 13.8 Å². The second kappa shape index (κ2) is 13.5. The van der Waals surface area contributed by atoms with Crippen molar-refractivity contribution in [3.05, 3.63) is 0 Å². The lowest BCUT2D eigenvalue weighted by Gasteiger charge is -2.07. The molecule has 0 aliphatic heterocycles. The van der Waals surface area contributed by atoms with E-state index >= 15 is 0 Å². The molecule has 0 aliphatic carbocycles. The van der Waals surface area contributed by atoms with Crippen LogP contribution in [0.3, 0.4) is 0 Å². The highest BCUT2D eigenvalue weighted by Crippen LogP contribution is 1.85. The maximum Gasteiger partial charge on any atom is 0.219 e. The number of carbonyl (C=O) groups excluding carboxylic acids is 2. The third-order valence-electron chi connectivity index (χ3n) is 2.29. The van der Waals surface area contributed by atoms with Crippen LogP contribution in [0.2, 0.25) is 0 Å². The maximum atomic E-state index is 10.9. The summed E-state index contributed by atoms with van der Waals surface area (Å²) < 4.78 is 15.6. The summed E-state index contributed by atoms with van der Waals surface area (Å²) in [5, 5.41) is 2.71. The van der Waals surface area contributed by atoms with Crippen LogP contribution in [-0.4, -0.2) is 57.9 Å². The molecule has 112 valence electrons. The Morgan fingerprint density at radius 2 is 1.42 bits per heavy atom. The van der Waals surface area contributed by atoms with Crippen molar-refractivity contribution in [3.63, 3.8) is 0 Å². The summed E-state index contributed by atoms with van der Waals surface area (Å²) in [6, 6.07) is 0. The summed E-state index contributed by atoms with van der Waals surface area (Å²) in [5.74, 6) is 0.121. The second-order valence-electron chi connectivity index (χ2n) is 3.87. The monoisotopic (exact) mass is 275 g/mol. The summed E-state index contributed by atoms with van der Waals surface area (Å²) in [5.41, 5.74) is 0. The standard InChI is InChI=1S/C13H25NO5/c1-3-12(15)11-19-10-9-18-8-7-17-6-5-14-13(16)4-2/h3-11H2,1-2H3,(H,14,16). The van der Waals surface area contributed by atoms with E-state index in [4.69, 9.17) is 14.2 Å². The van der Waals surface area contributed by atoms with Gasteiger partial charge >= 0.3 is 0 Å². The van der Waals surface area contributed by atoms with Gasteiger partial charge < -0.3 is 19.5 Å². The molecule has 0 bridgehead atoms. The smallest absolute Gasteiger partial charge is 0.219 e. The molecule has 0 spiro atoms. The third-order valence-corrected chi connectivity index (χ3v) is 2.29. The molecular formula is C13H25NO5. The predicted octanol–water partition coefficient (Wildman–Crippen LogP) is 0.542. The molecule has 1 amide bonds. The molecule has 6 nitrogen and oxygen atoms in total. The number of carbonyl (C=O) groups is 2. The van der Waals surface area contributed by atoms with Crippen LogP contribution >= 0.6 is 0 Å². The summed E-state index contributed by atoms with van der Waals surface area (Å²) in [7, 11) is 0. The highest BCUT2D eigenvalue weighted by atomic mass is 16.5. The lowest BCUT2D eigenvalue weighted by molar-refractivity contribution is -0.123. The number of ether oxygens (including phenoxy) is 3. The van der Waals surface area contributed by atoms with Gasteiger partial charge in [-0.2, -0.15) is 0 Å². The van der Waals surface area contributed by atoms with Gasteiger partial charge in [0.15, 0.2) is 5.78 Å². The van der Waals surface area contributed by atoms with Crippen molar-refractivity contribution in [3.8, 4) is 0 Å². The average Bonchev–Trinajstić information content (AvgIpc) is 2.43. The van der Waals surface area contributed by atoms with Crippen molar-refractivity contribution < 1.29 is 23.8 Å². The molecule has 0 radical (unpaired) electrons. The van der Waals surface area contributed by atoms with E-state index in [1.807, 2.05) is 6.92 Å². The van der Waals surface area contributed by atoms with Crippen LogP contribution in [0.4, 0.5) is 0 Å². The highest BCUT2D eigenvalue weighted by molar-refractivity contribution is 5.79. The van der Waals surface area contributed by atoms with E-state index in [9.17, 15) is 9.59 Å². The van der Waals surface area contributed by atoms with Gasteiger partial charge in [-0.05, 0) is 0 Å². The molecule has 19 heavy (non-hydrogen) atoms. The molecule has 1 N–H and O–H groups in total. The third kappa shape index (κ3) is 13.3. The summed E-state index contributed by atoms with van der Waals surface area (Å²) in [6.07, 6.45) is 0.993. The fourth-order valence-corrected chi connectivity index (χ4v) is 1.12. The van der Waals surface area contributed by atoms with Gasteiger partial charge in [0, 0.05) is 19.4 Å². The van der Waals surface area contributed by atoms with Crippen molar-refractivity contribution >= 4 is 11.7 Å². The Bertz CT molecular complexity index is 221. The molecular weight excluding hydrogens is 250 g/mol. The normalized spacial score (nSPS) is 10.4. The zero-order chi connectivity index (χ0) is 14.3. The summed E-state index contributed by atoms with van der Waals surface area (Å²) >= 11 is 0. The van der Waals surface area contributed by atoms with Crippen molar-refractivity contribution in [2.24, 2.45) is 0 Å². The zero-order valence-corrected chi connectivity index (χ0v) is 11.9. The lowest BCUT2D eigenvalue weighted by atomic mass is 10.3. The summed E-state index contributed by atoms with van der Waals surface area (Å²) in [6.45, 7) is 6.61. The van der Waals surface area contributed by atoms with E-state index in [0.717, 1.165) is 0 Å². The van der Waals surface area contributed by atoms with Gasteiger partial charge in [-0.25, -0.2) is 0 Å². The zero-order valence-electron chi connectivity index (χ0n) is 11.9. The van der Waals surface area contributed by atoms with Gasteiger partial charge in [-0.3, -0.25) is 9.59 Å². The Kier molecular flexibility index (Phi) is 12.8. The molecule has 0 atom stereocenters. The van der Waals surface area contributed by atoms with Crippen LogP contribution in [0.15, 0.2) is 0 Å². The molecule has 0 rings (SSSR count). The van der Waals surface area contributed by atoms with Crippen molar-refractivity contribution in [1.29, 1.82) is 0 Å². The minimum Gasteiger partial charge on any atom is -0.377 e. The van der Waals surface area contributed by atoms with Gasteiger partial charge in [0.25, 0.3) is 0 Å². The molecule has 0 fully saturated rings. The molecule has 0 aromatic carbocycles. The average molecular weight is 275 g/mol. The largest absolute Gasteiger partial charge is 0.377 e. The molecule has 0 aromatic heterocycles. The molecule has 0 aliphatic rings.